The van der Waals surface area contributed by atoms with E-state index >= 15 is 0 Å². The molecule has 0 fully saturated rings. The van der Waals surface area contributed by atoms with Gasteiger partial charge in [0.1, 0.15) is 17.6 Å². The Labute approximate surface area is 201 Å². The first-order valence-corrected chi connectivity index (χ1v) is 12.0. The number of benzene rings is 3. The molecule has 0 saturated heterocycles. The summed E-state index contributed by atoms with van der Waals surface area (Å²) in [4.78, 5) is 24.8. The lowest BCUT2D eigenvalue weighted by Gasteiger charge is -2.20. The van der Waals surface area contributed by atoms with Crippen LogP contribution in [-0.2, 0) is 19.6 Å². The molecule has 1 aliphatic rings. The van der Waals surface area contributed by atoms with Gasteiger partial charge in [-0.3, -0.25) is 19.3 Å². The number of nitrogens with two attached hydrogens (primary N) is 1. The molecule has 1 aliphatic heterocycles. The topological polar surface area (TPSA) is 134 Å². The molecule has 0 saturated carbocycles. The van der Waals surface area contributed by atoms with Crippen LogP contribution < -0.4 is 20.8 Å². The van der Waals surface area contributed by atoms with E-state index in [2.05, 4.69) is 15.1 Å². The fourth-order valence-corrected chi connectivity index (χ4v) is 4.52. The number of aryl methyl sites for hydroxylation is 1. The molecule has 0 bridgehead atoms. The summed E-state index contributed by atoms with van der Waals surface area (Å²) in [6.07, 6.45) is -0.0209. The van der Waals surface area contributed by atoms with Crippen molar-refractivity contribution in [3.8, 4) is 0 Å². The van der Waals surface area contributed by atoms with Crippen molar-refractivity contribution in [3.05, 3.63) is 84.2 Å². The molecule has 0 radical (unpaired) electrons. The normalized spacial score (nSPS) is 15.4. The Bertz CT molecular complexity index is 1390. The lowest BCUT2D eigenvalue weighted by molar-refractivity contribution is -0.119. The van der Waals surface area contributed by atoms with Crippen LogP contribution >= 0.6 is 0 Å². The van der Waals surface area contributed by atoms with Crippen molar-refractivity contribution in [2.75, 3.05) is 15.0 Å². The van der Waals surface area contributed by atoms with Crippen LogP contribution in [-0.4, -0.2) is 32.0 Å². The molecule has 0 aliphatic carbocycles. The van der Waals surface area contributed by atoms with E-state index in [1.165, 1.54) is 65.7 Å². The van der Waals surface area contributed by atoms with Gasteiger partial charge in [-0.1, -0.05) is 17.7 Å². The third-order valence-corrected chi connectivity index (χ3v) is 6.72. The summed E-state index contributed by atoms with van der Waals surface area (Å²) < 4.78 is 40.8. The number of rotatable bonds is 7. The monoisotopic (exact) mass is 495 g/mol. The van der Waals surface area contributed by atoms with Crippen LogP contribution in [0.15, 0.2) is 82.8 Å². The first-order valence-electron chi connectivity index (χ1n) is 10.5. The van der Waals surface area contributed by atoms with Gasteiger partial charge in [0.15, 0.2) is 0 Å². The highest BCUT2D eigenvalue weighted by atomic mass is 32.2. The Kier molecular flexibility index (Phi) is 6.52. The maximum atomic E-state index is 13.2. The highest BCUT2D eigenvalue weighted by Crippen LogP contribution is 2.26. The third kappa shape index (κ3) is 5.46. The lowest BCUT2D eigenvalue weighted by atomic mass is 10.1. The molecule has 2 amide bonds. The van der Waals surface area contributed by atoms with Gasteiger partial charge in [-0.15, -0.1) is 0 Å². The molecule has 1 heterocycles. The van der Waals surface area contributed by atoms with Gasteiger partial charge in [0.2, 0.25) is 5.91 Å². The van der Waals surface area contributed by atoms with Gasteiger partial charge in [0.05, 0.1) is 10.6 Å². The summed E-state index contributed by atoms with van der Waals surface area (Å²) in [6.45, 7) is 1.86. The Hall–Kier alpha value is -4.25. The number of carbonyl (C=O) groups excluding carboxylic acids is 2. The molecule has 3 aromatic rings. The molecule has 180 valence electrons. The van der Waals surface area contributed by atoms with Gasteiger partial charge >= 0.3 is 0 Å². The van der Waals surface area contributed by atoms with Crippen LogP contribution in [0.5, 0.6) is 0 Å². The predicted molar refractivity (Wildman–Crippen MR) is 131 cm³/mol. The Morgan fingerprint density at radius 2 is 1.57 bits per heavy atom. The van der Waals surface area contributed by atoms with Crippen molar-refractivity contribution < 1.29 is 22.4 Å². The van der Waals surface area contributed by atoms with Gasteiger partial charge in [0, 0.05) is 17.8 Å². The summed E-state index contributed by atoms with van der Waals surface area (Å²) in [7, 11) is -3.76. The second kappa shape index (κ2) is 9.55. The Morgan fingerprint density at radius 3 is 2.17 bits per heavy atom. The van der Waals surface area contributed by atoms with Crippen LogP contribution in [0.1, 0.15) is 12.0 Å². The average Bonchev–Trinajstić information content (AvgIpc) is 3.27. The summed E-state index contributed by atoms with van der Waals surface area (Å²) in [5, 5.41) is 8.17. The second-order valence-electron chi connectivity index (χ2n) is 7.94. The van der Waals surface area contributed by atoms with E-state index in [-0.39, 0.29) is 17.0 Å². The average molecular weight is 496 g/mol. The third-order valence-electron chi connectivity index (χ3n) is 5.32. The van der Waals surface area contributed by atoms with Gasteiger partial charge < -0.3 is 11.1 Å². The van der Waals surface area contributed by atoms with E-state index in [1.807, 2.05) is 6.92 Å². The van der Waals surface area contributed by atoms with Crippen LogP contribution in [0.25, 0.3) is 0 Å². The number of amides is 2. The van der Waals surface area contributed by atoms with Crippen molar-refractivity contribution in [3.63, 3.8) is 0 Å². The molecule has 1 atom stereocenters. The van der Waals surface area contributed by atoms with E-state index in [1.54, 1.807) is 12.1 Å². The number of hydrogen-bond acceptors (Lipinski definition) is 6. The van der Waals surface area contributed by atoms with E-state index in [0.717, 1.165) is 5.56 Å². The van der Waals surface area contributed by atoms with E-state index in [0.29, 0.717) is 17.1 Å². The molecule has 3 aromatic carbocycles. The number of carbonyl (C=O) groups is 2. The van der Waals surface area contributed by atoms with E-state index < -0.39 is 33.7 Å². The smallest absolute Gasteiger partial charge is 0.271 e. The number of nitrogens with zero attached hydrogens (tertiary/aromatic N) is 2. The molecule has 9 nitrogen and oxygen atoms in total. The maximum absolute atomic E-state index is 13.2. The minimum Gasteiger partial charge on any atom is -0.368 e. The standard InChI is InChI=1S/C24H22FN5O4S/c1-15-2-12-20(13-3-15)35(33,34)29-18-8-6-17(7-9-18)27-24(32)21-14-22(23(26)31)30(28-21)19-10-4-16(25)5-11-19/h2-13,22,29H,14H2,1H3,(H2,26,31)(H,27,32). The second-order valence-corrected chi connectivity index (χ2v) is 9.62. The molecule has 35 heavy (non-hydrogen) atoms. The van der Waals surface area contributed by atoms with Crippen molar-refractivity contribution in [2.45, 2.75) is 24.3 Å². The first kappa shape index (κ1) is 23.9. The SMILES string of the molecule is Cc1ccc(S(=O)(=O)Nc2ccc(NC(=O)C3=NN(c4ccc(F)cc4)C(C(N)=O)C3)cc2)cc1. The Morgan fingerprint density at radius 1 is 0.971 bits per heavy atom. The predicted octanol–water partition coefficient (Wildman–Crippen LogP) is 2.99. The van der Waals surface area contributed by atoms with Gasteiger partial charge in [-0.2, -0.15) is 5.10 Å². The van der Waals surface area contributed by atoms with E-state index in [9.17, 15) is 22.4 Å². The van der Waals surface area contributed by atoms with Crippen LogP contribution in [0.4, 0.5) is 21.5 Å². The molecule has 4 rings (SSSR count). The summed E-state index contributed by atoms with van der Waals surface area (Å²) in [5.74, 6) is -1.67. The fraction of sp³-hybridized carbons (Fsp3) is 0.125. The number of halogens is 1. The molecule has 1 unspecified atom stereocenters. The maximum Gasteiger partial charge on any atom is 0.271 e. The fourth-order valence-electron chi connectivity index (χ4n) is 3.46. The van der Waals surface area contributed by atoms with Crippen molar-refractivity contribution >= 4 is 44.6 Å². The van der Waals surface area contributed by atoms with Crippen LogP contribution in [0.2, 0.25) is 0 Å². The minimum atomic E-state index is -3.76. The summed E-state index contributed by atoms with van der Waals surface area (Å²) in [6, 6.07) is 16.9. The van der Waals surface area contributed by atoms with Crippen molar-refractivity contribution in [1.29, 1.82) is 0 Å². The molecule has 0 aromatic heterocycles. The number of hydrogen-bond donors (Lipinski definition) is 3. The summed E-state index contributed by atoms with van der Waals surface area (Å²) >= 11 is 0. The number of sulfonamides is 1. The van der Waals surface area contributed by atoms with Crippen molar-refractivity contribution in [1.82, 2.24) is 0 Å². The highest BCUT2D eigenvalue weighted by molar-refractivity contribution is 7.92. The molecule has 11 heteroatoms. The molecular weight excluding hydrogens is 473 g/mol. The number of anilines is 3. The van der Waals surface area contributed by atoms with Crippen LogP contribution in [0.3, 0.4) is 0 Å². The molecular formula is C24H22FN5O4S. The first-order chi connectivity index (χ1) is 16.6. The zero-order valence-corrected chi connectivity index (χ0v) is 19.4. The minimum absolute atomic E-state index is 0.0209. The number of nitrogens with one attached hydrogen (secondary N) is 2. The largest absolute Gasteiger partial charge is 0.368 e. The quantitative estimate of drug-likeness (QED) is 0.463. The molecule has 0 spiro atoms. The number of primary amides is 1. The van der Waals surface area contributed by atoms with Crippen LogP contribution in [0, 0.1) is 12.7 Å². The lowest BCUT2D eigenvalue weighted by Crippen LogP contribution is -2.39. The zero-order chi connectivity index (χ0) is 25.2. The van der Waals surface area contributed by atoms with Gasteiger partial charge in [-0.25, -0.2) is 12.8 Å². The zero-order valence-electron chi connectivity index (χ0n) is 18.6. The number of hydrazone groups is 1. The van der Waals surface area contributed by atoms with Gasteiger partial charge in [-0.05, 0) is 67.6 Å². The molecule has 4 N–H and O–H groups in total. The Balaban J connectivity index is 1.45. The summed E-state index contributed by atoms with van der Waals surface area (Å²) in [5.41, 5.74) is 7.62. The van der Waals surface area contributed by atoms with E-state index in [4.69, 9.17) is 5.73 Å². The van der Waals surface area contributed by atoms with Crippen molar-refractivity contribution in [2.24, 2.45) is 10.8 Å². The highest BCUT2D eigenvalue weighted by Gasteiger charge is 2.35. The van der Waals surface area contributed by atoms with Gasteiger partial charge in [0.25, 0.3) is 15.9 Å².